The third-order valence-corrected chi connectivity index (χ3v) is 1.53. The summed E-state index contributed by atoms with van der Waals surface area (Å²) in [6.07, 6.45) is 0. The van der Waals surface area contributed by atoms with Gasteiger partial charge in [-0.1, -0.05) is 18.2 Å². The van der Waals surface area contributed by atoms with E-state index in [1.54, 1.807) is 0 Å². The highest BCUT2D eigenvalue weighted by Gasteiger charge is 1.92. The molecule has 48 valence electrons. The van der Waals surface area contributed by atoms with E-state index in [1.807, 2.05) is 31.2 Å². The molecule has 9 heavy (non-hydrogen) atoms. The van der Waals surface area contributed by atoms with Gasteiger partial charge in [-0.3, -0.25) is 0 Å². The number of para-hydroxylation sites is 1. The lowest BCUT2D eigenvalue weighted by molar-refractivity contribution is 0.671. The van der Waals surface area contributed by atoms with E-state index < -0.39 is 0 Å². The molecule has 0 heterocycles. The van der Waals surface area contributed by atoms with Gasteiger partial charge in [-0.15, -0.1) is 0 Å². The van der Waals surface area contributed by atoms with E-state index in [9.17, 15) is 0 Å². The Morgan fingerprint density at radius 2 is 2.00 bits per heavy atom. The van der Waals surface area contributed by atoms with Crippen LogP contribution in [0.25, 0.3) is 0 Å². The fourth-order valence-electron chi connectivity index (χ4n) is 0.643. The van der Waals surface area contributed by atoms with Crippen molar-refractivity contribution in [2.45, 2.75) is 6.92 Å². The van der Waals surface area contributed by atoms with Crippen LogP contribution in [0.3, 0.4) is 0 Å². The Kier molecular flexibility index (Phi) is 2.11. The van der Waals surface area contributed by atoms with Gasteiger partial charge in [-0.2, -0.15) is 0 Å². The second-order valence-corrected chi connectivity index (χ2v) is 2.17. The molecule has 0 unspecified atom stereocenters. The lowest BCUT2D eigenvalue weighted by Gasteiger charge is -1.97. The van der Waals surface area contributed by atoms with Crippen LogP contribution in [0.4, 0.5) is 0 Å². The molecule has 0 saturated heterocycles. The minimum absolute atomic E-state index is 0.873. The van der Waals surface area contributed by atoms with Crippen LogP contribution in [0.2, 0.25) is 0 Å². The maximum absolute atomic E-state index is 4.86. The Morgan fingerprint density at radius 3 is 2.44 bits per heavy atom. The van der Waals surface area contributed by atoms with Gasteiger partial charge in [0.1, 0.15) is 5.75 Å². The highest BCUT2D eigenvalue weighted by Crippen LogP contribution is 2.17. The van der Waals surface area contributed by atoms with Gasteiger partial charge < -0.3 is 3.83 Å². The van der Waals surface area contributed by atoms with Gasteiger partial charge in [0.2, 0.25) is 0 Å². The Balaban J connectivity index is 3.01. The number of hydrogen-bond donors (Lipinski definition) is 0. The van der Waals surface area contributed by atoms with E-state index in [0.29, 0.717) is 0 Å². The van der Waals surface area contributed by atoms with Crippen molar-refractivity contribution in [3.63, 3.8) is 0 Å². The average Bonchev–Trinajstić information content (AvgIpc) is 1.89. The highest BCUT2D eigenvalue weighted by atomic mass is 79.9. The summed E-state index contributed by atoms with van der Waals surface area (Å²) in [7, 11) is 0. The first-order valence-corrected chi connectivity index (χ1v) is 3.33. The van der Waals surface area contributed by atoms with Gasteiger partial charge in [-0.05, 0) is 18.6 Å². The molecular formula is C7H7BrO. The molecule has 0 atom stereocenters. The van der Waals surface area contributed by atoms with Crippen molar-refractivity contribution in [1.82, 2.24) is 0 Å². The van der Waals surface area contributed by atoms with Crippen LogP contribution < -0.4 is 3.83 Å². The first kappa shape index (κ1) is 6.62. The molecule has 1 nitrogen and oxygen atoms in total. The molecule has 0 spiro atoms. The van der Waals surface area contributed by atoms with Gasteiger partial charge in [0.15, 0.2) is 16.3 Å². The molecule has 1 aromatic carbocycles. The minimum atomic E-state index is 0.873. The molecule has 0 N–H and O–H groups in total. The van der Waals surface area contributed by atoms with Crippen molar-refractivity contribution in [2.75, 3.05) is 0 Å². The molecular weight excluding hydrogens is 180 g/mol. The van der Waals surface area contributed by atoms with E-state index in [1.165, 1.54) is 0 Å². The molecule has 1 rings (SSSR count). The SMILES string of the molecule is Cc1ccccc1OBr. The lowest BCUT2D eigenvalue weighted by atomic mass is 10.2. The number of hydrogen-bond acceptors (Lipinski definition) is 1. The summed E-state index contributed by atoms with van der Waals surface area (Å²) in [4.78, 5) is 0. The minimum Gasteiger partial charge on any atom is -0.418 e. The second kappa shape index (κ2) is 2.87. The van der Waals surface area contributed by atoms with Crippen molar-refractivity contribution < 1.29 is 3.83 Å². The van der Waals surface area contributed by atoms with Crippen LogP contribution >= 0.6 is 16.3 Å². The Hall–Kier alpha value is -0.500. The predicted octanol–water partition coefficient (Wildman–Crippen LogP) is 2.68. The highest BCUT2D eigenvalue weighted by molar-refractivity contribution is 9.06. The molecule has 0 radical (unpaired) electrons. The summed E-state index contributed by atoms with van der Waals surface area (Å²) in [5, 5.41) is 0. The molecule has 0 aliphatic rings. The third-order valence-electron chi connectivity index (χ3n) is 1.18. The molecule has 2 heteroatoms. The molecule has 0 fully saturated rings. The first-order chi connectivity index (χ1) is 4.34. The molecule has 0 aromatic heterocycles. The second-order valence-electron chi connectivity index (χ2n) is 1.84. The number of aryl methyl sites for hydroxylation is 1. The van der Waals surface area contributed by atoms with E-state index in [2.05, 4.69) is 16.3 Å². The monoisotopic (exact) mass is 186 g/mol. The molecule has 0 bridgehead atoms. The zero-order valence-corrected chi connectivity index (χ0v) is 6.68. The maximum atomic E-state index is 4.86. The van der Waals surface area contributed by atoms with Gasteiger partial charge in [0, 0.05) is 0 Å². The van der Waals surface area contributed by atoms with Crippen LogP contribution in [0.1, 0.15) is 5.56 Å². The van der Waals surface area contributed by atoms with Gasteiger partial charge in [-0.25, -0.2) is 0 Å². The number of rotatable bonds is 1. The first-order valence-electron chi connectivity index (χ1n) is 2.69. The van der Waals surface area contributed by atoms with Crippen molar-refractivity contribution in [2.24, 2.45) is 0 Å². The van der Waals surface area contributed by atoms with Crippen LogP contribution in [0.5, 0.6) is 5.75 Å². The zero-order chi connectivity index (χ0) is 6.69. The Labute approximate surface area is 63.1 Å². The van der Waals surface area contributed by atoms with Crippen molar-refractivity contribution >= 4 is 16.3 Å². The van der Waals surface area contributed by atoms with Crippen LogP contribution in [0.15, 0.2) is 24.3 Å². The standard InChI is InChI=1S/C7H7BrO/c1-6-4-2-3-5-7(6)9-8/h2-5H,1H3. The van der Waals surface area contributed by atoms with Crippen LogP contribution in [-0.2, 0) is 0 Å². The van der Waals surface area contributed by atoms with E-state index in [0.717, 1.165) is 11.3 Å². The quantitative estimate of drug-likeness (QED) is 0.656. The van der Waals surface area contributed by atoms with Gasteiger partial charge in [0.05, 0.1) is 0 Å². The third kappa shape index (κ3) is 1.45. The van der Waals surface area contributed by atoms with Crippen molar-refractivity contribution in [3.8, 4) is 5.75 Å². The fourth-order valence-corrected chi connectivity index (χ4v) is 1.01. The van der Waals surface area contributed by atoms with Crippen molar-refractivity contribution in [3.05, 3.63) is 29.8 Å². The summed E-state index contributed by atoms with van der Waals surface area (Å²) >= 11 is 2.91. The molecule has 0 aliphatic carbocycles. The summed E-state index contributed by atoms with van der Waals surface area (Å²) in [5.74, 6) is 0.873. The fraction of sp³-hybridized carbons (Fsp3) is 0.143. The summed E-state index contributed by atoms with van der Waals surface area (Å²) < 4.78 is 4.86. The van der Waals surface area contributed by atoms with E-state index in [-0.39, 0.29) is 0 Å². The largest absolute Gasteiger partial charge is 0.418 e. The topological polar surface area (TPSA) is 9.23 Å². The van der Waals surface area contributed by atoms with Gasteiger partial charge >= 0.3 is 0 Å². The smallest absolute Gasteiger partial charge is 0.179 e. The lowest BCUT2D eigenvalue weighted by Crippen LogP contribution is -1.77. The van der Waals surface area contributed by atoms with Gasteiger partial charge in [0.25, 0.3) is 0 Å². The number of benzene rings is 1. The maximum Gasteiger partial charge on any atom is 0.179 e. The van der Waals surface area contributed by atoms with Crippen LogP contribution in [-0.4, -0.2) is 0 Å². The van der Waals surface area contributed by atoms with E-state index >= 15 is 0 Å². The zero-order valence-electron chi connectivity index (χ0n) is 5.10. The Morgan fingerprint density at radius 1 is 1.33 bits per heavy atom. The predicted molar refractivity (Wildman–Crippen MR) is 40.7 cm³/mol. The molecule has 0 amide bonds. The summed E-state index contributed by atoms with van der Waals surface area (Å²) in [6, 6.07) is 7.81. The normalized spacial score (nSPS) is 9.11. The van der Waals surface area contributed by atoms with Crippen molar-refractivity contribution in [1.29, 1.82) is 0 Å². The number of halogens is 1. The Bertz CT molecular complexity index is 198. The summed E-state index contributed by atoms with van der Waals surface area (Å²) in [6.45, 7) is 2.00. The molecule has 0 saturated carbocycles. The van der Waals surface area contributed by atoms with E-state index in [4.69, 9.17) is 3.83 Å². The van der Waals surface area contributed by atoms with Crippen LogP contribution in [0, 0.1) is 6.92 Å². The molecule has 1 aromatic rings. The average molecular weight is 187 g/mol. The molecule has 0 aliphatic heterocycles. The summed E-state index contributed by atoms with van der Waals surface area (Å²) in [5.41, 5.74) is 1.13.